The third-order valence-electron chi connectivity index (χ3n) is 3.77. The minimum atomic E-state index is -0.0997. The Morgan fingerprint density at radius 3 is 2.59 bits per heavy atom. The Kier molecular flexibility index (Phi) is 3.87. The molecule has 0 saturated carbocycles. The van der Waals surface area contributed by atoms with Crippen molar-refractivity contribution in [2.75, 3.05) is 0 Å². The number of aromatic amines is 1. The van der Waals surface area contributed by atoms with Gasteiger partial charge in [-0.1, -0.05) is 36.8 Å². The van der Waals surface area contributed by atoms with Gasteiger partial charge in [0.05, 0.1) is 6.04 Å². The zero-order chi connectivity index (χ0) is 15.5. The van der Waals surface area contributed by atoms with Crippen LogP contribution in [0.3, 0.4) is 0 Å². The van der Waals surface area contributed by atoms with Gasteiger partial charge in [0.15, 0.2) is 0 Å². The van der Waals surface area contributed by atoms with Crippen molar-refractivity contribution in [1.29, 1.82) is 0 Å². The number of benzene rings is 2. The summed E-state index contributed by atoms with van der Waals surface area (Å²) < 4.78 is 0. The molecule has 22 heavy (non-hydrogen) atoms. The van der Waals surface area contributed by atoms with E-state index in [1.807, 2.05) is 0 Å². The number of nitrogens with one attached hydrogen (secondary N) is 2. The Morgan fingerprint density at radius 2 is 1.86 bits per heavy atom. The highest BCUT2D eigenvalue weighted by Gasteiger charge is 2.14. The molecular weight excluding hydrogens is 276 g/mol. The lowest BCUT2D eigenvalue weighted by atomic mass is 10.0. The van der Waals surface area contributed by atoms with Crippen LogP contribution in [-0.2, 0) is 0 Å². The van der Waals surface area contributed by atoms with Gasteiger partial charge in [-0.25, -0.2) is 0 Å². The fourth-order valence-electron chi connectivity index (χ4n) is 2.44. The molecular formula is C17H18N4O. The van der Waals surface area contributed by atoms with Crippen molar-refractivity contribution in [2.45, 2.75) is 26.3 Å². The van der Waals surface area contributed by atoms with Gasteiger partial charge in [0.2, 0.25) is 0 Å². The standard InChI is InChI=1S/C17H18N4O/c1-3-14(12-6-4-11(2)5-7-12)18-17(22)13-8-9-15-16(10-13)20-21-19-15/h4-10,14H,3H2,1-2H3,(H,18,22)(H,19,20,21)/t14-/m1/s1. The molecule has 5 nitrogen and oxygen atoms in total. The van der Waals surface area contributed by atoms with Crippen molar-refractivity contribution >= 4 is 16.9 Å². The second-order valence-corrected chi connectivity index (χ2v) is 5.37. The summed E-state index contributed by atoms with van der Waals surface area (Å²) in [6.45, 7) is 4.11. The van der Waals surface area contributed by atoms with Crippen LogP contribution >= 0.6 is 0 Å². The number of aromatic nitrogens is 3. The second-order valence-electron chi connectivity index (χ2n) is 5.37. The molecule has 0 aliphatic carbocycles. The lowest BCUT2D eigenvalue weighted by Gasteiger charge is -2.17. The summed E-state index contributed by atoms with van der Waals surface area (Å²) in [6, 6.07) is 13.5. The van der Waals surface area contributed by atoms with Crippen LogP contribution in [0.25, 0.3) is 11.0 Å². The minimum absolute atomic E-state index is 0.00102. The lowest BCUT2D eigenvalue weighted by molar-refractivity contribution is 0.0935. The monoisotopic (exact) mass is 294 g/mol. The van der Waals surface area contributed by atoms with Crippen molar-refractivity contribution in [3.63, 3.8) is 0 Å². The van der Waals surface area contributed by atoms with Gasteiger partial charge < -0.3 is 5.32 Å². The Hall–Kier alpha value is -2.69. The van der Waals surface area contributed by atoms with E-state index in [9.17, 15) is 4.79 Å². The average molecular weight is 294 g/mol. The number of hydrogen-bond donors (Lipinski definition) is 2. The molecule has 0 saturated heterocycles. The third kappa shape index (κ3) is 2.83. The molecule has 5 heteroatoms. The SMILES string of the molecule is CC[C@@H](NC(=O)c1ccc2n[nH]nc2c1)c1ccc(C)cc1. The van der Waals surface area contributed by atoms with Crippen LogP contribution in [0.1, 0.15) is 40.9 Å². The zero-order valence-electron chi connectivity index (χ0n) is 12.6. The number of rotatable bonds is 4. The van der Waals surface area contributed by atoms with E-state index in [0.717, 1.165) is 17.5 Å². The van der Waals surface area contributed by atoms with Gasteiger partial charge in [-0.15, -0.1) is 0 Å². The first kappa shape index (κ1) is 14.3. The summed E-state index contributed by atoms with van der Waals surface area (Å²) in [4.78, 5) is 12.5. The largest absolute Gasteiger partial charge is 0.345 e. The van der Waals surface area contributed by atoms with Gasteiger partial charge in [-0.05, 0) is 37.1 Å². The summed E-state index contributed by atoms with van der Waals surface area (Å²) in [5.74, 6) is -0.0997. The molecule has 3 rings (SSSR count). The van der Waals surface area contributed by atoms with E-state index in [-0.39, 0.29) is 11.9 Å². The Labute approximate surface area is 128 Å². The molecule has 2 N–H and O–H groups in total. The fraction of sp³-hybridized carbons (Fsp3) is 0.235. The van der Waals surface area contributed by atoms with Crippen LogP contribution in [0.2, 0.25) is 0 Å². The molecule has 1 aromatic heterocycles. The van der Waals surface area contributed by atoms with Gasteiger partial charge in [0, 0.05) is 5.56 Å². The van der Waals surface area contributed by atoms with Crippen molar-refractivity contribution in [3.8, 4) is 0 Å². The van der Waals surface area contributed by atoms with Gasteiger partial charge in [0.25, 0.3) is 5.91 Å². The van der Waals surface area contributed by atoms with Crippen LogP contribution in [0.4, 0.5) is 0 Å². The van der Waals surface area contributed by atoms with E-state index in [1.165, 1.54) is 5.56 Å². The maximum Gasteiger partial charge on any atom is 0.251 e. The zero-order valence-corrected chi connectivity index (χ0v) is 12.6. The molecule has 1 amide bonds. The maximum atomic E-state index is 12.5. The normalized spacial score (nSPS) is 12.3. The minimum Gasteiger partial charge on any atom is -0.345 e. The van der Waals surface area contributed by atoms with E-state index in [0.29, 0.717) is 11.1 Å². The van der Waals surface area contributed by atoms with Gasteiger partial charge in [-0.2, -0.15) is 15.4 Å². The van der Waals surface area contributed by atoms with Crippen LogP contribution < -0.4 is 5.32 Å². The van der Waals surface area contributed by atoms with Crippen LogP contribution in [-0.4, -0.2) is 21.3 Å². The number of fused-ring (bicyclic) bond motifs is 1. The highest BCUT2D eigenvalue weighted by molar-refractivity contribution is 5.97. The molecule has 0 unspecified atom stereocenters. The summed E-state index contributed by atoms with van der Waals surface area (Å²) in [5, 5.41) is 13.6. The molecule has 1 heterocycles. The molecule has 1 atom stereocenters. The maximum absolute atomic E-state index is 12.5. The number of carbonyl (C=O) groups is 1. The Morgan fingerprint density at radius 1 is 1.14 bits per heavy atom. The lowest BCUT2D eigenvalue weighted by Crippen LogP contribution is -2.28. The first-order valence-corrected chi connectivity index (χ1v) is 7.35. The van der Waals surface area contributed by atoms with Crippen molar-refractivity contribution in [3.05, 3.63) is 59.2 Å². The first-order chi connectivity index (χ1) is 10.7. The molecule has 3 aromatic rings. The molecule has 0 bridgehead atoms. The number of carbonyl (C=O) groups excluding carboxylic acids is 1. The molecule has 0 aliphatic heterocycles. The number of nitrogens with zero attached hydrogens (tertiary/aromatic N) is 2. The number of H-pyrrole nitrogens is 1. The van der Waals surface area contributed by atoms with Crippen molar-refractivity contribution in [1.82, 2.24) is 20.7 Å². The van der Waals surface area contributed by atoms with Gasteiger partial charge in [0.1, 0.15) is 11.0 Å². The highest BCUT2D eigenvalue weighted by atomic mass is 16.1. The third-order valence-corrected chi connectivity index (χ3v) is 3.77. The summed E-state index contributed by atoms with van der Waals surface area (Å²) >= 11 is 0. The highest BCUT2D eigenvalue weighted by Crippen LogP contribution is 2.18. The Bertz CT molecular complexity index is 792. The van der Waals surface area contributed by atoms with Crippen LogP contribution in [0.15, 0.2) is 42.5 Å². The van der Waals surface area contributed by atoms with E-state index in [2.05, 4.69) is 58.8 Å². The molecule has 112 valence electrons. The Balaban J connectivity index is 1.80. The molecule has 0 spiro atoms. The van der Waals surface area contributed by atoms with Crippen LogP contribution in [0, 0.1) is 6.92 Å². The average Bonchev–Trinajstić information content (AvgIpc) is 3.01. The van der Waals surface area contributed by atoms with Crippen molar-refractivity contribution < 1.29 is 4.79 Å². The number of amides is 1. The number of aryl methyl sites for hydroxylation is 1. The molecule has 0 fully saturated rings. The quantitative estimate of drug-likeness (QED) is 0.776. The summed E-state index contributed by atoms with van der Waals surface area (Å²) in [7, 11) is 0. The second kappa shape index (κ2) is 5.97. The topological polar surface area (TPSA) is 70.7 Å². The van der Waals surface area contributed by atoms with Crippen LogP contribution in [0.5, 0.6) is 0 Å². The van der Waals surface area contributed by atoms with E-state index < -0.39 is 0 Å². The molecule has 0 aliphatic rings. The van der Waals surface area contributed by atoms with Crippen molar-refractivity contribution in [2.24, 2.45) is 0 Å². The predicted octanol–water partition coefficient (Wildman–Crippen LogP) is 3.15. The smallest absolute Gasteiger partial charge is 0.251 e. The molecule has 0 radical (unpaired) electrons. The summed E-state index contributed by atoms with van der Waals surface area (Å²) in [6.07, 6.45) is 0.834. The predicted molar refractivity (Wildman–Crippen MR) is 85.6 cm³/mol. The van der Waals surface area contributed by atoms with Gasteiger partial charge >= 0.3 is 0 Å². The van der Waals surface area contributed by atoms with E-state index >= 15 is 0 Å². The first-order valence-electron chi connectivity index (χ1n) is 7.35. The number of hydrogen-bond acceptors (Lipinski definition) is 3. The van der Waals surface area contributed by atoms with E-state index in [4.69, 9.17) is 0 Å². The molecule has 2 aromatic carbocycles. The van der Waals surface area contributed by atoms with Gasteiger partial charge in [-0.3, -0.25) is 4.79 Å². The fourth-order valence-corrected chi connectivity index (χ4v) is 2.44. The summed E-state index contributed by atoms with van der Waals surface area (Å²) in [5.41, 5.74) is 4.36. The van der Waals surface area contributed by atoms with E-state index in [1.54, 1.807) is 18.2 Å².